The number of carbonyl (C=O) groups excluding carboxylic acids is 2. The van der Waals surface area contributed by atoms with Crippen LogP contribution >= 0.6 is 0 Å². The summed E-state index contributed by atoms with van der Waals surface area (Å²) in [6.45, 7) is 7.06. The van der Waals surface area contributed by atoms with Crippen LogP contribution in [0.25, 0.3) is 22.0 Å². The number of nitrogens with one attached hydrogen (secondary N) is 1. The lowest BCUT2D eigenvalue weighted by Gasteiger charge is -2.17. The minimum Gasteiger partial charge on any atom is -0.345 e. The number of carbonyl (C=O) groups is 2. The SMILES string of the molecule is CC[C@@H](NC(=O)c1ccc2c(c1)c(C)c(C)n2Cc1ccccc1-c1ccc(C=O)cc1)c1ccccc1. The van der Waals surface area contributed by atoms with E-state index in [1.165, 1.54) is 16.8 Å². The highest BCUT2D eigenvalue weighted by Gasteiger charge is 2.18. The molecule has 38 heavy (non-hydrogen) atoms. The minimum atomic E-state index is -0.0588. The van der Waals surface area contributed by atoms with E-state index in [-0.39, 0.29) is 11.9 Å². The predicted octanol–water partition coefficient (Wildman–Crippen LogP) is 7.67. The Kier molecular flexibility index (Phi) is 7.23. The molecule has 4 aromatic carbocycles. The molecule has 0 unspecified atom stereocenters. The molecule has 190 valence electrons. The van der Waals surface area contributed by atoms with Crippen LogP contribution in [0.4, 0.5) is 0 Å². The molecule has 0 saturated carbocycles. The van der Waals surface area contributed by atoms with E-state index in [1.807, 2.05) is 60.7 Å². The van der Waals surface area contributed by atoms with Gasteiger partial charge in [-0.2, -0.15) is 0 Å². The molecule has 4 nitrogen and oxygen atoms in total. The van der Waals surface area contributed by atoms with Gasteiger partial charge in [-0.1, -0.05) is 85.8 Å². The van der Waals surface area contributed by atoms with Crippen molar-refractivity contribution in [1.82, 2.24) is 9.88 Å². The fraction of sp³-hybridized carbons (Fsp3) is 0.176. The van der Waals surface area contributed by atoms with Crippen LogP contribution in [0, 0.1) is 13.8 Å². The van der Waals surface area contributed by atoms with Crippen LogP contribution in [0.3, 0.4) is 0 Å². The molecule has 0 spiro atoms. The maximum Gasteiger partial charge on any atom is 0.251 e. The molecule has 0 saturated heterocycles. The van der Waals surface area contributed by atoms with Crippen LogP contribution in [0.5, 0.6) is 0 Å². The highest BCUT2D eigenvalue weighted by Crippen LogP contribution is 2.30. The van der Waals surface area contributed by atoms with Crippen molar-refractivity contribution in [3.63, 3.8) is 0 Å². The molecule has 1 aromatic heterocycles. The molecule has 0 aliphatic rings. The molecule has 0 fully saturated rings. The third-order valence-electron chi connectivity index (χ3n) is 7.52. The van der Waals surface area contributed by atoms with Gasteiger partial charge >= 0.3 is 0 Å². The first-order valence-corrected chi connectivity index (χ1v) is 13.1. The molecule has 5 rings (SSSR count). The number of fused-ring (bicyclic) bond motifs is 1. The Bertz CT molecular complexity index is 1600. The van der Waals surface area contributed by atoms with Gasteiger partial charge < -0.3 is 9.88 Å². The number of benzene rings is 4. The number of rotatable bonds is 8. The highest BCUT2D eigenvalue weighted by atomic mass is 16.1. The first-order valence-electron chi connectivity index (χ1n) is 13.1. The first kappa shape index (κ1) is 25.2. The summed E-state index contributed by atoms with van der Waals surface area (Å²) in [5, 5.41) is 4.30. The summed E-state index contributed by atoms with van der Waals surface area (Å²) in [6, 6.07) is 32.2. The van der Waals surface area contributed by atoms with E-state index in [0.717, 1.165) is 40.3 Å². The lowest BCUT2D eigenvalue weighted by Crippen LogP contribution is -2.28. The van der Waals surface area contributed by atoms with Crippen molar-refractivity contribution in [3.8, 4) is 11.1 Å². The second kappa shape index (κ2) is 10.9. The van der Waals surface area contributed by atoms with Gasteiger partial charge in [0.05, 0.1) is 6.04 Å². The molecule has 5 aromatic rings. The van der Waals surface area contributed by atoms with Gasteiger partial charge in [-0.25, -0.2) is 0 Å². The smallest absolute Gasteiger partial charge is 0.251 e. The topological polar surface area (TPSA) is 51.1 Å². The molecule has 1 heterocycles. The second-order valence-electron chi connectivity index (χ2n) is 9.77. The van der Waals surface area contributed by atoms with Crippen LogP contribution in [0.1, 0.15) is 62.5 Å². The third kappa shape index (κ3) is 4.90. The Labute approximate surface area is 223 Å². The van der Waals surface area contributed by atoms with Crippen LogP contribution in [-0.2, 0) is 6.54 Å². The van der Waals surface area contributed by atoms with Crippen molar-refractivity contribution in [2.45, 2.75) is 39.8 Å². The number of aromatic nitrogens is 1. The molecule has 4 heteroatoms. The number of aryl methyl sites for hydroxylation is 1. The molecule has 1 atom stereocenters. The quantitative estimate of drug-likeness (QED) is 0.222. The normalized spacial score (nSPS) is 11.9. The minimum absolute atomic E-state index is 0.0241. The Balaban J connectivity index is 1.46. The molecule has 0 aliphatic heterocycles. The summed E-state index contributed by atoms with van der Waals surface area (Å²) in [6.07, 6.45) is 1.69. The summed E-state index contributed by atoms with van der Waals surface area (Å²) in [5.74, 6) is -0.0588. The van der Waals surface area contributed by atoms with Crippen molar-refractivity contribution < 1.29 is 9.59 Å². The van der Waals surface area contributed by atoms with E-state index in [9.17, 15) is 9.59 Å². The van der Waals surface area contributed by atoms with Gasteiger partial charge in [0, 0.05) is 34.3 Å². The number of hydrogen-bond acceptors (Lipinski definition) is 2. The molecular weight excluding hydrogens is 468 g/mol. The summed E-state index contributed by atoms with van der Waals surface area (Å²) in [4.78, 5) is 24.3. The van der Waals surface area contributed by atoms with E-state index >= 15 is 0 Å². The fourth-order valence-electron chi connectivity index (χ4n) is 5.19. The third-order valence-corrected chi connectivity index (χ3v) is 7.52. The zero-order valence-corrected chi connectivity index (χ0v) is 22.1. The van der Waals surface area contributed by atoms with Gasteiger partial charge in [0.1, 0.15) is 6.29 Å². The van der Waals surface area contributed by atoms with Crippen molar-refractivity contribution in [3.05, 3.63) is 131 Å². The van der Waals surface area contributed by atoms with Gasteiger partial charge in [0.15, 0.2) is 0 Å². The summed E-state index contributed by atoms with van der Waals surface area (Å²) >= 11 is 0. The van der Waals surface area contributed by atoms with Gasteiger partial charge in [-0.15, -0.1) is 0 Å². The standard InChI is InChI=1S/C34H32N2O2/c1-4-32(27-10-6-5-7-11-27)35-34(38)28-18-19-33-31(20-28)23(2)24(3)36(33)21-29-12-8-9-13-30(29)26-16-14-25(22-37)15-17-26/h5-20,22,32H,4,21H2,1-3H3,(H,35,38)/t32-/m1/s1. The van der Waals surface area contributed by atoms with Crippen molar-refractivity contribution >= 4 is 23.1 Å². The summed E-state index contributed by atoms with van der Waals surface area (Å²) in [5.41, 5.74) is 9.34. The van der Waals surface area contributed by atoms with Crippen molar-refractivity contribution in [2.24, 2.45) is 0 Å². The van der Waals surface area contributed by atoms with Crippen molar-refractivity contribution in [1.29, 1.82) is 0 Å². The lowest BCUT2D eigenvalue weighted by atomic mass is 9.98. The van der Waals surface area contributed by atoms with Crippen molar-refractivity contribution in [2.75, 3.05) is 0 Å². The van der Waals surface area contributed by atoms with E-state index in [1.54, 1.807) is 0 Å². The largest absolute Gasteiger partial charge is 0.345 e. The summed E-state index contributed by atoms with van der Waals surface area (Å²) in [7, 11) is 0. The second-order valence-corrected chi connectivity index (χ2v) is 9.77. The predicted molar refractivity (Wildman–Crippen MR) is 155 cm³/mol. The van der Waals surface area contributed by atoms with Gasteiger partial charge in [0.25, 0.3) is 5.91 Å². The number of amides is 1. The van der Waals surface area contributed by atoms with Crippen LogP contribution in [0.15, 0.2) is 97.1 Å². The first-order chi connectivity index (χ1) is 18.5. The average Bonchev–Trinajstić information content (AvgIpc) is 3.20. The van der Waals surface area contributed by atoms with E-state index in [4.69, 9.17) is 0 Å². The molecule has 1 N–H and O–H groups in total. The zero-order valence-electron chi connectivity index (χ0n) is 22.1. The van der Waals surface area contributed by atoms with E-state index in [2.05, 4.69) is 67.1 Å². The molecule has 0 aliphatic carbocycles. The number of nitrogens with zero attached hydrogens (tertiary/aromatic N) is 1. The van der Waals surface area contributed by atoms with Gasteiger partial charge in [-0.3, -0.25) is 9.59 Å². The number of aldehydes is 1. The van der Waals surface area contributed by atoms with E-state index in [0.29, 0.717) is 17.7 Å². The Morgan fingerprint density at radius 2 is 1.61 bits per heavy atom. The highest BCUT2D eigenvalue weighted by molar-refractivity contribution is 5.99. The maximum atomic E-state index is 13.2. The molecular formula is C34H32N2O2. The zero-order chi connectivity index (χ0) is 26.6. The fourth-order valence-corrected chi connectivity index (χ4v) is 5.19. The van der Waals surface area contributed by atoms with Crippen LogP contribution < -0.4 is 5.32 Å². The summed E-state index contributed by atoms with van der Waals surface area (Å²) < 4.78 is 2.32. The molecule has 0 radical (unpaired) electrons. The maximum absolute atomic E-state index is 13.2. The molecule has 0 bridgehead atoms. The average molecular weight is 501 g/mol. The number of hydrogen-bond donors (Lipinski definition) is 1. The Morgan fingerprint density at radius 1 is 0.895 bits per heavy atom. The lowest BCUT2D eigenvalue weighted by molar-refractivity contribution is 0.0935. The van der Waals surface area contributed by atoms with E-state index < -0.39 is 0 Å². The van der Waals surface area contributed by atoms with Gasteiger partial charge in [-0.05, 0) is 66.3 Å². The Morgan fingerprint density at radius 3 is 2.32 bits per heavy atom. The van der Waals surface area contributed by atoms with Crippen LogP contribution in [-0.4, -0.2) is 16.8 Å². The van der Waals surface area contributed by atoms with Gasteiger partial charge in [0.2, 0.25) is 0 Å². The molecule has 1 amide bonds. The Hall–Kier alpha value is -4.44. The monoisotopic (exact) mass is 500 g/mol. The van der Waals surface area contributed by atoms with Crippen LogP contribution in [0.2, 0.25) is 0 Å².